The van der Waals surface area contributed by atoms with Crippen LogP contribution in [0.3, 0.4) is 0 Å². The van der Waals surface area contributed by atoms with Crippen LogP contribution in [0.15, 0.2) is 34.2 Å². The van der Waals surface area contributed by atoms with Crippen molar-refractivity contribution in [1.82, 2.24) is 14.5 Å². The van der Waals surface area contributed by atoms with E-state index < -0.39 is 0 Å². The Morgan fingerprint density at radius 1 is 1.29 bits per heavy atom. The minimum atomic E-state index is -0.237. The van der Waals surface area contributed by atoms with Crippen LogP contribution in [0.2, 0.25) is 0 Å². The minimum absolute atomic E-state index is 0.0224. The molecule has 5 nitrogen and oxygen atoms in total. The number of rotatable bonds is 5. The van der Waals surface area contributed by atoms with E-state index in [-0.39, 0.29) is 16.7 Å². The van der Waals surface area contributed by atoms with Gasteiger partial charge in [0.15, 0.2) is 5.16 Å². The van der Waals surface area contributed by atoms with Gasteiger partial charge in [0.2, 0.25) is 5.91 Å². The smallest absolute Gasteiger partial charge is 0.262 e. The normalized spacial score (nSPS) is 15.8. The van der Waals surface area contributed by atoms with Crippen LogP contribution in [0.25, 0.3) is 10.9 Å². The van der Waals surface area contributed by atoms with Crippen LogP contribution in [-0.4, -0.2) is 38.7 Å². The molecule has 0 unspecified atom stereocenters. The van der Waals surface area contributed by atoms with Gasteiger partial charge >= 0.3 is 0 Å². The molecule has 0 saturated carbocycles. The van der Waals surface area contributed by atoms with Gasteiger partial charge in [-0.2, -0.15) is 0 Å². The Bertz CT molecular complexity index is 796. The number of carbonyl (C=O) groups is 1. The second-order valence-corrected chi connectivity index (χ2v) is 7.47. The molecule has 1 saturated heterocycles. The first-order valence-corrected chi connectivity index (χ1v) is 9.44. The van der Waals surface area contributed by atoms with Crippen molar-refractivity contribution in [2.45, 2.75) is 50.1 Å². The number of hydrogen-bond donors (Lipinski definition) is 0. The number of thioether (sulfide) groups is 1. The zero-order valence-corrected chi connectivity index (χ0v) is 15.0. The molecule has 0 N–H and O–H groups in total. The highest BCUT2D eigenvalue weighted by molar-refractivity contribution is 8.00. The Morgan fingerprint density at radius 2 is 2.00 bits per heavy atom. The highest BCUT2D eigenvalue weighted by Crippen LogP contribution is 2.25. The first kappa shape index (κ1) is 17.0. The van der Waals surface area contributed by atoms with Gasteiger partial charge in [-0.25, -0.2) is 4.98 Å². The number of para-hydroxylation sites is 1. The van der Waals surface area contributed by atoms with Gasteiger partial charge in [0.05, 0.1) is 16.2 Å². The van der Waals surface area contributed by atoms with E-state index in [2.05, 4.69) is 4.98 Å². The largest absolute Gasteiger partial charge is 0.342 e. The van der Waals surface area contributed by atoms with Gasteiger partial charge in [0, 0.05) is 19.6 Å². The third kappa shape index (κ3) is 3.34. The Hall–Kier alpha value is -1.82. The Morgan fingerprint density at radius 3 is 2.71 bits per heavy atom. The number of likely N-dealkylation sites (tertiary alicyclic amines) is 1. The summed E-state index contributed by atoms with van der Waals surface area (Å²) >= 11 is 1.39. The summed E-state index contributed by atoms with van der Waals surface area (Å²) in [5, 5.41) is 1.04. The van der Waals surface area contributed by atoms with Crippen molar-refractivity contribution in [3.63, 3.8) is 0 Å². The van der Waals surface area contributed by atoms with Crippen molar-refractivity contribution < 1.29 is 4.79 Å². The molecule has 1 amide bonds. The number of carbonyl (C=O) groups excluding carboxylic acids is 1. The van der Waals surface area contributed by atoms with Crippen LogP contribution >= 0.6 is 11.8 Å². The van der Waals surface area contributed by atoms with E-state index in [9.17, 15) is 9.59 Å². The monoisotopic (exact) mass is 345 g/mol. The fraction of sp³-hybridized carbons (Fsp3) is 0.500. The molecule has 6 heteroatoms. The topological polar surface area (TPSA) is 55.2 Å². The molecule has 1 fully saturated rings. The van der Waals surface area contributed by atoms with E-state index in [0.717, 1.165) is 32.4 Å². The minimum Gasteiger partial charge on any atom is -0.342 e. The van der Waals surface area contributed by atoms with Crippen molar-refractivity contribution in [3.8, 4) is 0 Å². The number of aromatic nitrogens is 2. The lowest BCUT2D eigenvalue weighted by atomic mass is 10.2. The molecule has 1 atom stereocenters. The van der Waals surface area contributed by atoms with E-state index in [4.69, 9.17) is 0 Å². The highest BCUT2D eigenvalue weighted by atomic mass is 32.2. The molecule has 0 spiro atoms. The fourth-order valence-corrected chi connectivity index (χ4v) is 4.08. The molecule has 1 aromatic heterocycles. The zero-order chi connectivity index (χ0) is 17.1. The molecule has 1 aliphatic heterocycles. The maximum Gasteiger partial charge on any atom is 0.262 e. The molecule has 2 aromatic rings. The van der Waals surface area contributed by atoms with Crippen molar-refractivity contribution in [1.29, 1.82) is 0 Å². The van der Waals surface area contributed by atoms with Crippen LogP contribution < -0.4 is 5.56 Å². The third-order valence-corrected chi connectivity index (χ3v) is 5.40. The molecule has 0 radical (unpaired) electrons. The summed E-state index contributed by atoms with van der Waals surface area (Å²) in [6, 6.07) is 7.40. The lowest BCUT2D eigenvalue weighted by molar-refractivity contribution is -0.129. The van der Waals surface area contributed by atoms with Crippen LogP contribution in [0.1, 0.15) is 33.1 Å². The number of nitrogens with zero attached hydrogens (tertiary/aromatic N) is 3. The first-order chi connectivity index (χ1) is 11.6. The average Bonchev–Trinajstić information content (AvgIpc) is 3.12. The second kappa shape index (κ2) is 7.38. The quantitative estimate of drug-likeness (QED) is 0.618. The van der Waals surface area contributed by atoms with Crippen molar-refractivity contribution >= 4 is 28.6 Å². The summed E-state index contributed by atoms with van der Waals surface area (Å²) in [6.07, 6.45) is 3.01. The van der Waals surface area contributed by atoms with Gasteiger partial charge < -0.3 is 4.90 Å². The van der Waals surface area contributed by atoms with Crippen LogP contribution in [0, 0.1) is 0 Å². The maximum absolute atomic E-state index is 12.8. The van der Waals surface area contributed by atoms with Gasteiger partial charge in [0.1, 0.15) is 0 Å². The van der Waals surface area contributed by atoms with Gasteiger partial charge in [-0.1, -0.05) is 30.8 Å². The van der Waals surface area contributed by atoms with Gasteiger partial charge in [-0.05, 0) is 38.3 Å². The van der Waals surface area contributed by atoms with Crippen molar-refractivity contribution in [2.24, 2.45) is 0 Å². The number of hydrogen-bond acceptors (Lipinski definition) is 4. The SMILES string of the molecule is CCCn1c(S[C@@H](C)C(=O)N2CCCC2)nc2ccccc2c1=O. The Kier molecular flexibility index (Phi) is 5.23. The van der Waals surface area contributed by atoms with E-state index in [1.54, 1.807) is 4.57 Å². The summed E-state index contributed by atoms with van der Waals surface area (Å²) in [7, 11) is 0. The second-order valence-electron chi connectivity index (χ2n) is 6.16. The maximum atomic E-state index is 12.8. The summed E-state index contributed by atoms with van der Waals surface area (Å²) in [5.41, 5.74) is 0.670. The van der Waals surface area contributed by atoms with E-state index in [1.807, 2.05) is 43.0 Å². The molecule has 1 aromatic carbocycles. The number of fused-ring (bicyclic) bond motifs is 1. The highest BCUT2D eigenvalue weighted by Gasteiger charge is 2.25. The predicted molar refractivity (Wildman–Crippen MR) is 97.4 cm³/mol. The molecule has 24 heavy (non-hydrogen) atoms. The van der Waals surface area contributed by atoms with Crippen LogP contribution in [0.4, 0.5) is 0 Å². The first-order valence-electron chi connectivity index (χ1n) is 8.57. The summed E-state index contributed by atoms with van der Waals surface area (Å²) < 4.78 is 1.71. The van der Waals surface area contributed by atoms with Gasteiger partial charge in [0.25, 0.3) is 5.56 Å². The average molecular weight is 345 g/mol. The van der Waals surface area contributed by atoms with Gasteiger partial charge in [-0.3, -0.25) is 14.2 Å². The van der Waals surface area contributed by atoms with Crippen LogP contribution in [0.5, 0.6) is 0 Å². The number of amides is 1. The van der Waals surface area contributed by atoms with E-state index in [1.165, 1.54) is 11.8 Å². The molecule has 0 aliphatic carbocycles. The molecule has 128 valence electrons. The fourth-order valence-electron chi connectivity index (χ4n) is 3.06. The predicted octanol–water partition coefficient (Wildman–Crippen LogP) is 2.91. The summed E-state index contributed by atoms with van der Waals surface area (Å²) in [5.74, 6) is 0.142. The lowest BCUT2D eigenvalue weighted by Gasteiger charge is -2.21. The zero-order valence-electron chi connectivity index (χ0n) is 14.2. The standard InChI is InChI=1S/C18H23N3O2S/c1-3-10-21-17(23)14-8-4-5-9-15(14)19-18(21)24-13(2)16(22)20-11-6-7-12-20/h4-5,8-9,13H,3,6-7,10-12H2,1-2H3/t13-/m0/s1. The van der Waals surface area contributed by atoms with E-state index in [0.29, 0.717) is 22.6 Å². The molecule has 3 rings (SSSR count). The Balaban J connectivity index is 1.93. The van der Waals surface area contributed by atoms with Crippen LogP contribution in [-0.2, 0) is 11.3 Å². The third-order valence-electron chi connectivity index (χ3n) is 4.32. The van der Waals surface area contributed by atoms with E-state index >= 15 is 0 Å². The number of benzene rings is 1. The molecular weight excluding hydrogens is 322 g/mol. The molecule has 2 heterocycles. The molecule has 0 bridgehead atoms. The molecular formula is C18H23N3O2S. The Labute approximate surface area is 146 Å². The van der Waals surface area contributed by atoms with Crippen molar-refractivity contribution in [2.75, 3.05) is 13.1 Å². The lowest BCUT2D eigenvalue weighted by Crippen LogP contribution is -2.34. The molecule has 1 aliphatic rings. The summed E-state index contributed by atoms with van der Waals surface area (Å²) in [6.45, 7) is 6.24. The summed E-state index contributed by atoms with van der Waals surface area (Å²) in [4.78, 5) is 31.9. The van der Waals surface area contributed by atoms with Crippen molar-refractivity contribution in [3.05, 3.63) is 34.6 Å². The van der Waals surface area contributed by atoms with Gasteiger partial charge in [-0.15, -0.1) is 0 Å².